The maximum absolute atomic E-state index is 4.86. The van der Waals surface area contributed by atoms with Crippen LogP contribution in [0, 0.1) is 0 Å². The third kappa shape index (κ3) is 17.9. The van der Waals surface area contributed by atoms with Crippen molar-refractivity contribution < 1.29 is 0 Å². The Morgan fingerprint density at radius 1 is 1.06 bits per heavy atom. The van der Waals surface area contributed by atoms with E-state index in [1.807, 2.05) is 0 Å². The predicted molar refractivity (Wildman–Crippen MR) is 98.5 cm³/mol. The van der Waals surface area contributed by atoms with Crippen LogP contribution >= 0.6 is 82.0 Å². The minimum absolute atomic E-state index is 0.671. The van der Waals surface area contributed by atoms with Crippen molar-refractivity contribution >= 4 is 90.6 Å². The van der Waals surface area contributed by atoms with Gasteiger partial charge in [0.2, 0.25) is 0 Å². The monoisotopic (exact) mass is 352 g/mol. The van der Waals surface area contributed by atoms with Crippen LogP contribution in [0.3, 0.4) is 0 Å². The van der Waals surface area contributed by atoms with Gasteiger partial charge in [0.1, 0.15) is 8.64 Å². The van der Waals surface area contributed by atoms with Gasteiger partial charge in [-0.1, -0.05) is 31.4 Å². The van der Waals surface area contributed by atoms with Crippen molar-refractivity contribution in [2.24, 2.45) is 0 Å². The van der Waals surface area contributed by atoms with E-state index in [0.717, 1.165) is 18.8 Å². The van der Waals surface area contributed by atoms with Gasteiger partial charge >= 0.3 is 0 Å². The quantitative estimate of drug-likeness (QED) is 0.231. The fraction of sp³-hybridized carbons (Fsp3) is 0.714. The Hall–Kier alpha value is 1.53. The summed E-state index contributed by atoms with van der Waals surface area (Å²) < 4.78 is 1.34. The molecule has 0 unspecified atom stereocenters. The molecule has 2 N–H and O–H groups in total. The van der Waals surface area contributed by atoms with Gasteiger partial charge < -0.3 is 10.6 Å². The molecule has 0 aliphatic heterocycles. The number of rotatable bonds is 4. The van der Waals surface area contributed by atoms with Crippen molar-refractivity contribution in [2.45, 2.75) is 13.3 Å². The second kappa shape index (κ2) is 16.5. The van der Waals surface area contributed by atoms with Crippen molar-refractivity contribution in [1.29, 1.82) is 0 Å². The lowest BCUT2D eigenvalue weighted by molar-refractivity contribution is 0.834. The van der Waals surface area contributed by atoms with Gasteiger partial charge in [0.25, 0.3) is 0 Å². The molecule has 96 valence electrons. The van der Waals surface area contributed by atoms with Gasteiger partial charge in [0.15, 0.2) is 0 Å². The molecule has 0 saturated heterocycles. The third-order valence-corrected chi connectivity index (χ3v) is 4.75. The lowest BCUT2D eigenvalue weighted by atomic mass is 10.6. The largest absolute Gasteiger partial charge is 0.369 e. The van der Waals surface area contributed by atoms with Crippen LogP contribution in [0.4, 0.5) is 0 Å². The Kier molecular flexibility index (Phi) is 20.5. The minimum Gasteiger partial charge on any atom is -0.369 e. The summed E-state index contributed by atoms with van der Waals surface area (Å²) >= 11 is 21.5. The van der Waals surface area contributed by atoms with Crippen LogP contribution < -0.4 is 10.6 Å². The SMILES string of the molecule is CCCS.S=C(NCCNC(=S)SS)SS. The fourth-order valence-electron chi connectivity index (χ4n) is 0.394. The smallest absolute Gasteiger partial charge is 0.144 e. The van der Waals surface area contributed by atoms with Gasteiger partial charge in [-0.3, -0.25) is 0 Å². The normalized spacial score (nSPS) is 8.75. The van der Waals surface area contributed by atoms with Gasteiger partial charge in [-0.2, -0.15) is 12.6 Å². The summed E-state index contributed by atoms with van der Waals surface area (Å²) in [5, 5.41) is 5.95. The van der Waals surface area contributed by atoms with Crippen molar-refractivity contribution in [3.63, 3.8) is 0 Å². The van der Waals surface area contributed by atoms with E-state index in [-0.39, 0.29) is 0 Å². The molecule has 0 aliphatic carbocycles. The highest BCUT2D eigenvalue weighted by Gasteiger charge is 1.94. The average Bonchev–Trinajstić information content (AvgIpc) is 2.34. The molecule has 0 bridgehead atoms. The fourth-order valence-corrected chi connectivity index (χ4v) is 1.32. The number of nitrogens with one attached hydrogen (secondary N) is 2. The van der Waals surface area contributed by atoms with E-state index in [4.69, 9.17) is 24.4 Å². The molecular formula is C7H16N2S7. The standard InChI is InChI=1S/C4H8N2S6.C3H8S/c7-3(11-9)5-1-2-6-4(8)12-10;1-2-3-4/h9-10H,1-2H2,(H,5,7)(H,6,8);4H,2-3H2,1H3. The summed E-state index contributed by atoms with van der Waals surface area (Å²) in [4.78, 5) is 0. The lowest BCUT2D eigenvalue weighted by Gasteiger charge is -2.06. The second-order valence-electron chi connectivity index (χ2n) is 2.33. The molecule has 2 nitrogen and oxygen atoms in total. The Bertz CT molecular complexity index is 168. The second-order valence-corrected chi connectivity index (χ2v) is 6.39. The number of thiol groups is 3. The van der Waals surface area contributed by atoms with E-state index in [1.165, 1.54) is 28.0 Å². The minimum atomic E-state index is 0.671. The summed E-state index contributed by atoms with van der Waals surface area (Å²) in [6.45, 7) is 3.58. The van der Waals surface area contributed by atoms with Crippen LogP contribution in [0.25, 0.3) is 0 Å². The van der Waals surface area contributed by atoms with E-state index >= 15 is 0 Å². The lowest BCUT2D eigenvalue weighted by Crippen LogP contribution is -2.30. The first-order valence-electron chi connectivity index (χ1n) is 4.41. The first-order chi connectivity index (χ1) is 7.62. The summed E-state index contributed by atoms with van der Waals surface area (Å²) in [5.74, 6) is 1.01. The molecule has 0 saturated carbocycles. The van der Waals surface area contributed by atoms with E-state index < -0.39 is 0 Å². The van der Waals surface area contributed by atoms with Crippen LogP contribution in [0.5, 0.6) is 0 Å². The van der Waals surface area contributed by atoms with Crippen LogP contribution in [-0.2, 0) is 0 Å². The predicted octanol–water partition coefficient (Wildman–Crippen LogP) is 3.22. The molecule has 0 atom stereocenters. The number of thiocarbonyl (C=S) groups is 2. The highest BCUT2D eigenvalue weighted by molar-refractivity contribution is 8.77. The van der Waals surface area contributed by atoms with Crippen molar-refractivity contribution in [2.75, 3.05) is 18.8 Å². The zero-order chi connectivity index (χ0) is 12.8. The Morgan fingerprint density at radius 3 is 1.56 bits per heavy atom. The van der Waals surface area contributed by atoms with E-state index in [1.54, 1.807) is 0 Å². The first-order valence-corrected chi connectivity index (χ1v) is 9.60. The Balaban J connectivity index is 0. The maximum atomic E-state index is 4.86. The molecule has 0 rings (SSSR count). The maximum Gasteiger partial charge on any atom is 0.144 e. The summed E-state index contributed by atoms with van der Waals surface area (Å²) in [7, 11) is 2.45. The Morgan fingerprint density at radius 2 is 1.38 bits per heavy atom. The van der Waals surface area contributed by atoms with Gasteiger partial charge in [-0.25, -0.2) is 0 Å². The molecule has 0 aliphatic rings. The van der Waals surface area contributed by atoms with Crippen LogP contribution in [-0.4, -0.2) is 27.5 Å². The summed E-state index contributed by atoms with van der Waals surface area (Å²) in [6, 6.07) is 0. The molecule has 9 heteroatoms. The molecule has 0 fully saturated rings. The summed E-state index contributed by atoms with van der Waals surface area (Å²) in [6.07, 6.45) is 1.18. The number of hydrogen-bond acceptors (Lipinski definition) is 7. The molecule has 0 aromatic rings. The molecular weight excluding hydrogens is 337 g/mol. The van der Waals surface area contributed by atoms with Gasteiger partial charge in [0.05, 0.1) is 0 Å². The molecule has 0 heterocycles. The van der Waals surface area contributed by atoms with Crippen molar-refractivity contribution in [3.05, 3.63) is 0 Å². The van der Waals surface area contributed by atoms with E-state index in [0.29, 0.717) is 8.64 Å². The third-order valence-electron chi connectivity index (χ3n) is 1.05. The van der Waals surface area contributed by atoms with Gasteiger partial charge in [0, 0.05) is 13.1 Å². The highest BCUT2D eigenvalue weighted by Crippen LogP contribution is 2.06. The highest BCUT2D eigenvalue weighted by atomic mass is 33.1. The van der Waals surface area contributed by atoms with E-state index in [9.17, 15) is 0 Å². The molecule has 16 heavy (non-hydrogen) atoms. The Labute approximate surface area is 132 Å². The van der Waals surface area contributed by atoms with Crippen LogP contribution in [0.2, 0.25) is 0 Å². The molecule has 0 radical (unpaired) electrons. The number of hydrogen-bond donors (Lipinski definition) is 5. The zero-order valence-corrected chi connectivity index (χ0v) is 14.8. The first kappa shape index (κ1) is 19.9. The van der Waals surface area contributed by atoms with Crippen LogP contribution in [0.1, 0.15) is 13.3 Å². The van der Waals surface area contributed by atoms with Gasteiger partial charge in [-0.15, -0.1) is 23.3 Å². The van der Waals surface area contributed by atoms with Gasteiger partial charge in [-0.05, 0) is 33.8 Å². The summed E-state index contributed by atoms with van der Waals surface area (Å²) in [5.41, 5.74) is 0. The molecule has 0 amide bonds. The molecule has 0 aromatic carbocycles. The van der Waals surface area contributed by atoms with Crippen molar-refractivity contribution in [1.82, 2.24) is 10.6 Å². The van der Waals surface area contributed by atoms with Crippen LogP contribution in [0.15, 0.2) is 0 Å². The molecule has 0 aromatic heterocycles. The zero-order valence-electron chi connectivity index (χ0n) is 8.80. The topological polar surface area (TPSA) is 24.1 Å². The van der Waals surface area contributed by atoms with Crippen molar-refractivity contribution in [3.8, 4) is 0 Å². The van der Waals surface area contributed by atoms with E-state index in [2.05, 4.69) is 53.5 Å². The average molecular weight is 353 g/mol. The molecule has 0 spiro atoms.